The summed E-state index contributed by atoms with van der Waals surface area (Å²) < 4.78 is 31.6. The van der Waals surface area contributed by atoms with E-state index < -0.39 is 27.9 Å². The van der Waals surface area contributed by atoms with Crippen molar-refractivity contribution in [1.29, 1.82) is 0 Å². The van der Waals surface area contributed by atoms with Crippen LogP contribution in [0.5, 0.6) is 0 Å². The van der Waals surface area contributed by atoms with Crippen LogP contribution in [0.4, 0.5) is 11.6 Å². The van der Waals surface area contributed by atoms with Crippen LogP contribution in [0.25, 0.3) is 0 Å². The lowest BCUT2D eigenvalue weighted by Crippen LogP contribution is -2.25. The summed E-state index contributed by atoms with van der Waals surface area (Å²) in [7, 11) is -0.683. The predicted octanol–water partition coefficient (Wildman–Crippen LogP) is 0.966. The molecule has 0 fully saturated rings. The van der Waals surface area contributed by atoms with Crippen molar-refractivity contribution in [2.45, 2.75) is 29.9 Å². The van der Waals surface area contributed by atoms with E-state index >= 15 is 0 Å². The number of carbonyl (C=O) groups excluding carboxylic acids is 2. The number of carbonyl (C=O) groups is 2. The van der Waals surface area contributed by atoms with Gasteiger partial charge in [0.05, 0.1) is 17.3 Å². The number of nitrogens with one attached hydrogen (secondary N) is 1. The molecule has 0 spiro atoms. The van der Waals surface area contributed by atoms with Gasteiger partial charge in [-0.15, -0.1) is 10.2 Å². The number of hydrogen-bond acceptors (Lipinski definition) is 9. The molecule has 3 N–H and O–H groups in total. The Labute approximate surface area is 179 Å². The van der Waals surface area contributed by atoms with E-state index in [1.807, 2.05) is 0 Å². The van der Waals surface area contributed by atoms with Crippen LogP contribution in [0.2, 0.25) is 0 Å². The molecular weight excluding hydrogens is 432 g/mol. The number of amides is 1. The quantitative estimate of drug-likeness (QED) is 0.415. The summed E-state index contributed by atoms with van der Waals surface area (Å²) in [4.78, 5) is 24.3. The highest BCUT2D eigenvalue weighted by molar-refractivity contribution is 7.99. The van der Waals surface area contributed by atoms with Crippen LogP contribution in [0.3, 0.4) is 0 Å². The van der Waals surface area contributed by atoms with E-state index in [2.05, 4.69) is 15.5 Å². The topological polar surface area (TPSA) is 150 Å². The molecule has 164 valence electrons. The monoisotopic (exact) mass is 456 g/mol. The second kappa shape index (κ2) is 9.91. The summed E-state index contributed by atoms with van der Waals surface area (Å²) in [5, 5.41) is 10.7. The molecule has 30 heavy (non-hydrogen) atoms. The van der Waals surface area contributed by atoms with Gasteiger partial charge in [0.15, 0.2) is 5.16 Å². The second-order valence-electron chi connectivity index (χ2n) is 6.28. The molecule has 0 aliphatic heterocycles. The highest BCUT2D eigenvalue weighted by Gasteiger charge is 2.23. The minimum Gasteiger partial charge on any atom is -0.465 e. The van der Waals surface area contributed by atoms with Crippen molar-refractivity contribution >= 4 is 45.3 Å². The number of nitrogen functional groups attached to an aromatic ring is 1. The maximum Gasteiger partial charge on any atom is 0.316 e. The number of sulfonamides is 1. The third-order valence-electron chi connectivity index (χ3n) is 3.98. The summed E-state index contributed by atoms with van der Waals surface area (Å²) in [5.74, 6) is -0.804. The van der Waals surface area contributed by atoms with Gasteiger partial charge < -0.3 is 15.8 Å². The van der Waals surface area contributed by atoms with Crippen LogP contribution in [-0.4, -0.2) is 65.8 Å². The van der Waals surface area contributed by atoms with Crippen LogP contribution in [0, 0.1) is 0 Å². The molecule has 11 nitrogen and oxygen atoms in total. The molecule has 1 heterocycles. The lowest BCUT2D eigenvalue weighted by Gasteiger charge is -2.17. The fourth-order valence-electron chi connectivity index (χ4n) is 2.36. The van der Waals surface area contributed by atoms with E-state index in [9.17, 15) is 18.0 Å². The maximum absolute atomic E-state index is 12.7. The molecule has 1 amide bonds. The summed E-state index contributed by atoms with van der Waals surface area (Å²) in [6.45, 7) is 3.58. The Kier molecular flexibility index (Phi) is 7.81. The van der Waals surface area contributed by atoms with Gasteiger partial charge in [-0.05, 0) is 38.1 Å². The van der Waals surface area contributed by atoms with Crippen molar-refractivity contribution in [3.8, 4) is 0 Å². The van der Waals surface area contributed by atoms with Crippen LogP contribution in [0.1, 0.15) is 19.9 Å². The first-order valence-electron chi connectivity index (χ1n) is 8.90. The molecule has 0 aliphatic carbocycles. The Hall–Kier alpha value is -2.64. The van der Waals surface area contributed by atoms with E-state index in [-0.39, 0.29) is 23.2 Å². The summed E-state index contributed by atoms with van der Waals surface area (Å²) in [6.07, 6.45) is 0. The van der Waals surface area contributed by atoms with E-state index in [1.165, 1.54) is 42.9 Å². The Balaban J connectivity index is 2.11. The summed E-state index contributed by atoms with van der Waals surface area (Å²) in [5.41, 5.74) is 6.26. The molecule has 1 atom stereocenters. The molecule has 2 rings (SSSR count). The molecule has 1 unspecified atom stereocenters. The van der Waals surface area contributed by atoms with Gasteiger partial charge in [-0.2, -0.15) is 0 Å². The zero-order chi connectivity index (χ0) is 22.5. The highest BCUT2D eigenvalue weighted by atomic mass is 32.2. The van der Waals surface area contributed by atoms with Crippen molar-refractivity contribution < 1.29 is 22.7 Å². The Morgan fingerprint density at radius 1 is 1.27 bits per heavy atom. The lowest BCUT2D eigenvalue weighted by molar-refractivity contribution is -0.139. The van der Waals surface area contributed by atoms with Crippen molar-refractivity contribution in [3.63, 3.8) is 0 Å². The minimum atomic E-state index is -3.56. The van der Waals surface area contributed by atoms with Crippen molar-refractivity contribution in [3.05, 3.63) is 24.3 Å². The average Bonchev–Trinajstić information content (AvgIpc) is 3.06. The maximum atomic E-state index is 12.7. The van der Waals surface area contributed by atoms with Gasteiger partial charge in [0.1, 0.15) is 6.04 Å². The third-order valence-corrected chi connectivity index (χ3v) is 6.73. The summed E-state index contributed by atoms with van der Waals surface area (Å²) >= 11 is 1.06. The van der Waals surface area contributed by atoms with Crippen LogP contribution < -0.4 is 11.1 Å². The first-order chi connectivity index (χ1) is 14.1. The number of anilines is 2. The molecule has 0 radical (unpaired) electrons. The number of esters is 1. The molecule has 0 saturated carbocycles. The van der Waals surface area contributed by atoms with Crippen LogP contribution in [0.15, 0.2) is 34.3 Å². The van der Waals surface area contributed by atoms with Gasteiger partial charge >= 0.3 is 5.97 Å². The summed E-state index contributed by atoms with van der Waals surface area (Å²) in [6, 6.07) is 5.02. The predicted molar refractivity (Wildman–Crippen MR) is 112 cm³/mol. The first kappa shape index (κ1) is 23.6. The molecule has 0 aliphatic rings. The number of rotatable bonds is 9. The van der Waals surface area contributed by atoms with Gasteiger partial charge in [0.2, 0.25) is 21.9 Å². The molecule has 0 saturated heterocycles. The zero-order valence-corrected chi connectivity index (χ0v) is 18.7. The van der Waals surface area contributed by atoms with E-state index in [1.54, 1.807) is 13.8 Å². The minimum absolute atomic E-state index is 0.00211. The van der Waals surface area contributed by atoms with Crippen molar-refractivity contribution in [1.82, 2.24) is 19.1 Å². The Morgan fingerprint density at radius 2 is 1.90 bits per heavy atom. The molecule has 1 aromatic carbocycles. The molecular formula is C17H24N6O5S2. The van der Waals surface area contributed by atoms with Crippen molar-refractivity contribution in [2.75, 3.05) is 37.5 Å². The van der Waals surface area contributed by atoms with Gasteiger partial charge in [-0.3, -0.25) is 14.2 Å². The number of ether oxygens (including phenoxy) is 1. The van der Waals surface area contributed by atoms with Crippen LogP contribution >= 0.6 is 11.8 Å². The standard InChI is InChI=1S/C17H24N6O5S2/c1-5-28-14(24)10-29-17-21-20-16(18)23(17)11(2)15(25)19-12-6-8-13(9-7-12)30(26,27)22(3)4/h6-9,11H,5,10H2,1-4H3,(H2,18,20)(H,19,25). The number of thioether (sulfide) groups is 1. The van der Waals surface area contributed by atoms with Gasteiger partial charge in [-0.25, -0.2) is 12.7 Å². The zero-order valence-electron chi connectivity index (χ0n) is 17.0. The molecule has 1 aromatic heterocycles. The highest BCUT2D eigenvalue weighted by Crippen LogP contribution is 2.24. The van der Waals surface area contributed by atoms with Crippen LogP contribution in [-0.2, 0) is 24.3 Å². The SMILES string of the molecule is CCOC(=O)CSc1nnc(N)n1C(C)C(=O)Nc1ccc(S(=O)(=O)N(C)C)cc1. The largest absolute Gasteiger partial charge is 0.465 e. The second-order valence-corrected chi connectivity index (χ2v) is 9.38. The van der Waals surface area contributed by atoms with Gasteiger partial charge in [-0.1, -0.05) is 11.8 Å². The molecule has 13 heteroatoms. The molecule has 2 aromatic rings. The smallest absolute Gasteiger partial charge is 0.316 e. The van der Waals surface area contributed by atoms with Gasteiger partial charge in [0, 0.05) is 19.8 Å². The van der Waals surface area contributed by atoms with Gasteiger partial charge in [0.25, 0.3) is 0 Å². The van der Waals surface area contributed by atoms with Crippen molar-refractivity contribution in [2.24, 2.45) is 0 Å². The number of hydrogen-bond donors (Lipinski definition) is 2. The van der Waals surface area contributed by atoms with E-state index in [4.69, 9.17) is 10.5 Å². The average molecular weight is 457 g/mol. The van der Waals surface area contributed by atoms with E-state index in [0.29, 0.717) is 10.8 Å². The van der Waals surface area contributed by atoms with E-state index in [0.717, 1.165) is 16.1 Å². The number of nitrogens with zero attached hydrogens (tertiary/aromatic N) is 4. The number of benzene rings is 1. The third kappa shape index (κ3) is 5.49. The lowest BCUT2D eigenvalue weighted by atomic mass is 10.2. The Morgan fingerprint density at radius 3 is 2.47 bits per heavy atom. The number of nitrogens with two attached hydrogens (primary N) is 1. The normalized spacial score (nSPS) is 12.6. The fraction of sp³-hybridized carbons (Fsp3) is 0.412. The fourth-order valence-corrected chi connectivity index (χ4v) is 4.08. The molecule has 0 bridgehead atoms. The Bertz CT molecular complexity index is 1000. The first-order valence-corrected chi connectivity index (χ1v) is 11.3. The number of aromatic nitrogens is 3.